The molecule has 0 saturated carbocycles. The predicted molar refractivity (Wildman–Crippen MR) is 156 cm³/mol. The summed E-state index contributed by atoms with van der Waals surface area (Å²) in [5, 5.41) is 11.6. The summed E-state index contributed by atoms with van der Waals surface area (Å²) in [4.78, 5) is 6.74. The van der Waals surface area contributed by atoms with Gasteiger partial charge in [0, 0.05) is 23.8 Å². The molecule has 0 saturated heterocycles. The van der Waals surface area contributed by atoms with Crippen LogP contribution in [0.2, 0.25) is 0 Å². The second kappa shape index (κ2) is 14.4. The fourth-order valence-corrected chi connectivity index (χ4v) is 4.90. The van der Waals surface area contributed by atoms with Crippen molar-refractivity contribution in [3.05, 3.63) is 156 Å². The highest BCUT2D eigenvalue weighted by Gasteiger charge is 2.39. The molecule has 2 aromatic heterocycles. The van der Waals surface area contributed by atoms with E-state index in [2.05, 4.69) is 9.97 Å². The zero-order chi connectivity index (χ0) is 27.4. The van der Waals surface area contributed by atoms with Gasteiger partial charge < -0.3 is 29.3 Å². The molecule has 6 nitrogen and oxygen atoms in total. The van der Waals surface area contributed by atoms with Crippen LogP contribution < -0.4 is 0 Å². The van der Waals surface area contributed by atoms with Crippen LogP contribution in [0, 0.1) is 0 Å². The van der Waals surface area contributed by atoms with Crippen LogP contribution in [0.25, 0.3) is 0 Å². The van der Waals surface area contributed by atoms with Crippen molar-refractivity contribution >= 4 is 0 Å². The summed E-state index contributed by atoms with van der Waals surface area (Å²) in [7, 11) is 0. The summed E-state index contributed by atoms with van der Waals surface area (Å²) in [6.45, 7) is 1.19. The maximum absolute atomic E-state index is 11.6. The van der Waals surface area contributed by atoms with E-state index in [9.17, 15) is 5.11 Å². The van der Waals surface area contributed by atoms with Crippen molar-refractivity contribution in [1.29, 1.82) is 0 Å². The van der Waals surface area contributed by atoms with E-state index in [1.165, 1.54) is 0 Å². The van der Waals surface area contributed by atoms with Crippen LogP contribution in [0.3, 0.4) is 0 Å². The number of hydrogen-bond donors (Lipinski definition) is 3. The molecule has 0 aliphatic carbocycles. The monoisotopic (exact) mass is 536 g/mol. The van der Waals surface area contributed by atoms with Gasteiger partial charge in [-0.3, -0.25) is 0 Å². The minimum absolute atomic E-state index is 0.0989. The highest BCUT2D eigenvalue weighted by molar-refractivity contribution is 5.27. The Bertz CT molecular complexity index is 1310. The molecule has 3 atom stereocenters. The second-order valence-electron chi connectivity index (χ2n) is 9.82. The predicted octanol–water partition coefficient (Wildman–Crippen LogP) is 6.22. The topological polar surface area (TPSA) is 79.5 Å². The van der Waals surface area contributed by atoms with Crippen molar-refractivity contribution < 1.29 is 19.3 Å². The van der Waals surface area contributed by atoms with Gasteiger partial charge in [0.05, 0.1) is 32.3 Å². The molecule has 40 heavy (non-hydrogen) atoms. The van der Waals surface area contributed by atoms with Crippen LogP contribution in [-0.4, -0.2) is 40.0 Å². The molecule has 0 unspecified atom stereocenters. The average molecular weight is 537 g/mol. The van der Waals surface area contributed by atoms with E-state index >= 15 is 0 Å². The number of hydrogen-bond acceptors (Lipinski definition) is 4. The lowest BCUT2D eigenvalue weighted by atomic mass is 9.89. The van der Waals surface area contributed by atoms with Crippen molar-refractivity contribution in [2.45, 2.75) is 44.1 Å². The Hall–Kier alpha value is -3.94. The smallest absolute Gasteiger partial charge is 0.113 e. The second-order valence-corrected chi connectivity index (χ2v) is 9.82. The first-order valence-electron chi connectivity index (χ1n) is 13.7. The standard InChI is InChI=1S/C34H36N2O4/c37-31(25-38-22-26-12-4-1-5-13-26)33(39-23-27-14-6-2-7-15-27)34(40-24-28-16-8-3-9-17-28)32(29-18-10-20-35-29)30-19-11-21-36-30/h1-21,31-37H,22-25H2/t31-,33-,34-/m1/s1. The number of nitrogens with one attached hydrogen (secondary N) is 2. The Morgan fingerprint density at radius 3 is 1.43 bits per heavy atom. The molecular weight excluding hydrogens is 500 g/mol. The first-order valence-corrected chi connectivity index (χ1v) is 13.7. The van der Waals surface area contributed by atoms with Gasteiger partial charge in [-0.1, -0.05) is 91.0 Å². The van der Waals surface area contributed by atoms with E-state index in [4.69, 9.17) is 14.2 Å². The highest BCUT2D eigenvalue weighted by Crippen LogP contribution is 2.33. The summed E-state index contributed by atoms with van der Waals surface area (Å²) >= 11 is 0. The lowest BCUT2D eigenvalue weighted by molar-refractivity contribution is -0.151. The zero-order valence-electron chi connectivity index (χ0n) is 22.4. The van der Waals surface area contributed by atoms with Crippen molar-refractivity contribution in [3.8, 4) is 0 Å². The molecule has 6 heteroatoms. The lowest BCUT2D eigenvalue weighted by Gasteiger charge is -2.35. The molecule has 206 valence electrons. The van der Waals surface area contributed by atoms with E-state index in [0.717, 1.165) is 28.1 Å². The quantitative estimate of drug-likeness (QED) is 0.148. The maximum atomic E-state index is 11.6. The average Bonchev–Trinajstić information content (AvgIpc) is 3.73. The number of ether oxygens (including phenoxy) is 3. The molecule has 5 rings (SSSR count). The fraction of sp³-hybridized carbons (Fsp3) is 0.235. The minimum atomic E-state index is -0.944. The van der Waals surface area contributed by atoms with Gasteiger partial charge in [0.25, 0.3) is 0 Å². The number of aliphatic hydroxyl groups is 1. The van der Waals surface area contributed by atoms with Crippen LogP contribution in [0.15, 0.2) is 128 Å². The van der Waals surface area contributed by atoms with E-state index in [1.54, 1.807) is 0 Å². The number of aromatic amines is 2. The molecule has 0 bridgehead atoms. The van der Waals surface area contributed by atoms with Crippen molar-refractivity contribution in [2.75, 3.05) is 6.61 Å². The molecular formula is C34H36N2O4. The van der Waals surface area contributed by atoms with Crippen molar-refractivity contribution in [3.63, 3.8) is 0 Å². The Kier molecular flexibility index (Phi) is 9.98. The SMILES string of the molecule is O[C@H](COCc1ccccc1)[C@@H](OCc1ccccc1)[C@H](OCc1ccccc1)C(c1ccc[nH]1)c1ccc[nH]1. The zero-order valence-corrected chi connectivity index (χ0v) is 22.4. The van der Waals surface area contributed by atoms with Crippen molar-refractivity contribution in [2.24, 2.45) is 0 Å². The summed E-state index contributed by atoms with van der Waals surface area (Å²) in [6, 6.07) is 38.0. The Morgan fingerprint density at radius 2 is 0.975 bits per heavy atom. The molecule has 0 radical (unpaired) electrons. The van der Waals surface area contributed by atoms with E-state index in [1.807, 2.05) is 128 Å². The van der Waals surface area contributed by atoms with Gasteiger partial charge in [-0.2, -0.15) is 0 Å². The fourth-order valence-electron chi connectivity index (χ4n) is 4.90. The number of rotatable bonds is 15. The van der Waals surface area contributed by atoms with Gasteiger partial charge >= 0.3 is 0 Å². The molecule has 0 spiro atoms. The van der Waals surface area contributed by atoms with Gasteiger partial charge in [0.2, 0.25) is 0 Å². The largest absolute Gasteiger partial charge is 0.388 e. The maximum Gasteiger partial charge on any atom is 0.113 e. The van der Waals surface area contributed by atoms with Gasteiger partial charge in [-0.15, -0.1) is 0 Å². The molecule has 0 aliphatic heterocycles. The Balaban J connectivity index is 1.44. The molecule has 2 heterocycles. The van der Waals surface area contributed by atoms with Gasteiger partial charge in [0.15, 0.2) is 0 Å². The summed E-state index contributed by atoms with van der Waals surface area (Å²) < 4.78 is 19.2. The molecule has 0 aliphatic rings. The minimum Gasteiger partial charge on any atom is -0.388 e. The Morgan fingerprint density at radius 1 is 0.525 bits per heavy atom. The summed E-state index contributed by atoms with van der Waals surface area (Å²) in [5.74, 6) is -0.252. The number of aromatic nitrogens is 2. The van der Waals surface area contributed by atoms with Crippen molar-refractivity contribution in [1.82, 2.24) is 9.97 Å². The van der Waals surface area contributed by atoms with E-state index < -0.39 is 18.3 Å². The van der Waals surface area contributed by atoms with Crippen LogP contribution in [0.5, 0.6) is 0 Å². The number of aliphatic hydroxyl groups excluding tert-OH is 1. The van der Waals surface area contributed by atoms with Gasteiger partial charge in [-0.05, 0) is 41.0 Å². The van der Waals surface area contributed by atoms with E-state index in [-0.39, 0.29) is 12.5 Å². The number of benzene rings is 3. The Labute approximate surface area is 235 Å². The highest BCUT2D eigenvalue weighted by atomic mass is 16.6. The third-order valence-corrected chi connectivity index (χ3v) is 6.92. The molecule has 0 fully saturated rings. The lowest BCUT2D eigenvalue weighted by Crippen LogP contribution is -2.47. The van der Waals surface area contributed by atoms with Gasteiger partial charge in [-0.25, -0.2) is 0 Å². The number of H-pyrrole nitrogens is 2. The summed E-state index contributed by atoms with van der Waals surface area (Å²) in [6.07, 6.45) is 1.62. The third kappa shape index (κ3) is 7.58. The molecule has 0 amide bonds. The third-order valence-electron chi connectivity index (χ3n) is 6.92. The molecule has 3 N–H and O–H groups in total. The molecule has 5 aromatic rings. The normalized spacial score (nSPS) is 13.8. The van der Waals surface area contributed by atoms with Crippen LogP contribution in [0.4, 0.5) is 0 Å². The molecule has 3 aromatic carbocycles. The van der Waals surface area contributed by atoms with Crippen LogP contribution in [-0.2, 0) is 34.0 Å². The summed E-state index contributed by atoms with van der Waals surface area (Å²) in [5.41, 5.74) is 5.03. The van der Waals surface area contributed by atoms with E-state index in [0.29, 0.717) is 19.8 Å². The first-order chi connectivity index (χ1) is 19.8. The van der Waals surface area contributed by atoms with Gasteiger partial charge in [0.1, 0.15) is 18.3 Å². The van der Waals surface area contributed by atoms with Crippen LogP contribution in [0.1, 0.15) is 34.0 Å². The first kappa shape index (κ1) is 27.6. The van der Waals surface area contributed by atoms with Crippen LogP contribution >= 0.6 is 0 Å².